The minimum atomic E-state index is 0.246. The van der Waals surface area contributed by atoms with Crippen molar-refractivity contribution in [3.63, 3.8) is 0 Å². The van der Waals surface area contributed by atoms with Crippen LogP contribution in [-0.4, -0.2) is 48.6 Å². The van der Waals surface area contributed by atoms with Gasteiger partial charge in [-0.1, -0.05) is 19.9 Å². The molecule has 2 N–H and O–H groups in total. The second-order valence-electron chi connectivity index (χ2n) is 5.89. The lowest BCUT2D eigenvalue weighted by molar-refractivity contribution is 0.213. The van der Waals surface area contributed by atoms with Gasteiger partial charge in [0.25, 0.3) is 0 Å². The Morgan fingerprint density at radius 2 is 2.15 bits per heavy atom. The fraction of sp³-hybridized carbons (Fsp3) is 0.688. The van der Waals surface area contributed by atoms with Gasteiger partial charge in [0.2, 0.25) is 0 Å². The van der Waals surface area contributed by atoms with E-state index in [2.05, 4.69) is 47.8 Å². The molecule has 0 bridgehead atoms. The molecule has 2 atom stereocenters. The Morgan fingerprint density at radius 3 is 2.75 bits per heavy atom. The normalized spacial score (nSPS) is 22.0. The third kappa shape index (κ3) is 3.70. The minimum Gasteiger partial charge on any atom is -0.354 e. The van der Waals surface area contributed by atoms with Crippen molar-refractivity contribution in [2.45, 2.75) is 45.2 Å². The molecule has 1 aliphatic rings. The van der Waals surface area contributed by atoms with Crippen LogP contribution in [0.4, 0.5) is 5.82 Å². The summed E-state index contributed by atoms with van der Waals surface area (Å²) in [6, 6.07) is 5.21. The number of hydrogen-bond donors (Lipinski definition) is 1. The van der Waals surface area contributed by atoms with E-state index in [0.717, 1.165) is 38.3 Å². The topological polar surface area (TPSA) is 45.4 Å². The lowest BCUT2D eigenvalue weighted by Gasteiger charge is -2.39. The van der Waals surface area contributed by atoms with Gasteiger partial charge >= 0.3 is 0 Å². The van der Waals surface area contributed by atoms with Crippen molar-refractivity contribution in [3.8, 4) is 0 Å². The smallest absolute Gasteiger partial charge is 0.128 e. The highest BCUT2D eigenvalue weighted by molar-refractivity contribution is 5.40. The van der Waals surface area contributed by atoms with E-state index in [9.17, 15) is 0 Å². The molecule has 0 aliphatic carbocycles. The number of anilines is 1. The zero-order valence-electron chi connectivity index (χ0n) is 13.0. The number of aromatic nitrogens is 1. The van der Waals surface area contributed by atoms with E-state index in [1.165, 1.54) is 12.0 Å². The summed E-state index contributed by atoms with van der Waals surface area (Å²) >= 11 is 0. The first-order chi connectivity index (χ1) is 9.63. The highest BCUT2D eigenvalue weighted by atomic mass is 15.3. The zero-order chi connectivity index (χ0) is 14.5. The van der Waals surface area contributed by atoms with Crippen LogP contribution in [0, 0.1) is 0 Å². The first kappa shape index (κ1) is 15.3. The van der Waals surface area contributed by atoms with Gasteiger partial charge in [-0.2, -0.15) is 0 Å². The molecule has 2 heterocycles. The van der Waals surface area contributed by atoms with Gasteiger partial charge < -0.3 is 10.6 Å². The predicted octanol–water partition coefficient (Wildman–Crippen LogP) is 1.89. The van der Waals surface area contributed by atoms with Crippen molar-refractivity contribution in [2.75, 3.05) is 31.6 Å². The van der Waals surface area contributed by atoms with E-state index in [-0.39, 0.29) is 6.04 Å². The van der Waals surface area contributed by atoms with Crippen LogP contribution >= 0.6 is 0 Å². The third-order valence-electron chi connectivity index (χ3n) is 4.40. The summed E-state index contributed by atoms with van der Waals surface area (Å²) in [5.41, 5.74) is 7.23. The maximum atomic E-state index is 5.99. The summed E-state index contributed by atoms with van der Waals surface area (Å²) in [6.45, 7) is 7.64. The first-order valence-electron chi connectivity index (χ1n) is 7.79. The molecule has 0 amide bonds. The summed E-state index contributed by atoms with van der Waals surface area (Å²) in [5, 5.41) is 0. The van der Waals surface area contributed by atoms with Crippen LogP contribution in [0.3, 0.4) is 0 Å². The van der Waals surface area contributed by atoms with Crippen LogP contribution in [0.5, 0.6) is 0 Å². The van der Waals surface area contributed by atoms with Crippen LogP contribution in [0.2, 0.25) is 0 Å². The number of pyridine rings is 1. The maximum absolute atomic E-state index is 5.99. The minimum absolute atomic E-state index is 0.246. The molecule has 1 fully saturated rings. The molecule has 20 heavy (non-hydrogen) atoms. The number of likely N-dealkylation sites (N-methyl/N-ethyl adjacent to an activating group) is 1. The Labute approximate surface area is 123 Å². The van der Waals surface area contributed by atoms with Gasteiger partial charge in [-0.25, -0.2) is 4.98 Å². The van der Waals surface area contributed by atoms with Crippen LogP contribution in [0.15, 0.2) is 18.3 Å². The summed E-state index contributed by atoms with van der Waals surface area (Å²) in [7, 11) is 2.22. The van der Waals surface area contributed by atoms with Gasteiger partial charge in [0.1, 0.15) is 5.82 Å². The van der Waals surface area contributed by atoms with Crippen LogP contribution in [-0.2, 0) is 6.42 Å². The van der Waals surface area contributed by atoms with Gasteiger partial charge in [-0.3, -0.25) is 4.90 Å². The molecule has 0 saturated carbocycles. The van der Waals surface area contributed by atoms with E-state index in [0.29, 0.717) is 6.04 Å². The van der Waals surface area contributed by atoms with E-state index < -0.39 is 0 Å². The first-order valence-corrected chi connectivity index (χ1v) is 7.79. The predicted molar refractivity (Wildman–Crippen MR) is 85.1 cm³/mol. The van der Waals surface area contributed by atoms with Crippen molar-refractivity contribution < 1.29 is 0 Å². The Kier molecular flexibility index (Phi) is 5.38. The van der Waals surface area contributed by atoms with E-state index in [4.69, 9.17) is 5.73 Å². The second-order valence-corrected chi connectivity index (χ2v) is 5.89. The van der Waals surface area contributed by atoms with Crippen LogP contribution < -0.4 is 10.6 Å². The van der Waals surface area contributed by atoms with E-state index in [1.54, 1.807) is 0 Å². The van der Waals surface area contributed by atoms with Gasteiger partial charge in [0.15, 0.2) is 0 Å². The van der Waals surface area contributed by atoms with Gasteiger partial charge in [0, 0.05) is 37.9 Å². The molecular weight excluding hydrogens is 248 g/mol. The Balaban J connectivity index is 1.99. The maximum Gasteiger partial charge on any atom is 0.128 e. The van der Waals surface area contributed by atoms with Gasteiger partial charge in [0.05, 0.1) is 0 Å². The van der Waals surface area contributed by atoms with Crippen molar-refractivity contribution >= 4 is 5.82 Å². The molecule has 0 radical (unpaired) electrons. The number of hydrogen-bond acceptors (Lipinski definition) is 4. The second kappa shape index (κ2) is 7.04. The Hall–Kier alpha value is -1.13. The lowest BCUT2D eigenvalue weighted by atomic mass is 10.1. The largest absolute Gasteiger partial charge is 0.354 e. The van der Waals surface area contributed by atoms with Gasteiger partial charge in [-0.05, 0) is 37.9 Å². The van der Waals surface area contributed by atoms with Crippen molar-refractivity contribution in [2.24, 2.45) is 5.73 Å². The van der Waals surface area contributed by atoms with Gasteiger partial charge in [-0.15, -0.1) is 0 Å². The lowest BCUT2D eigenvalue weighted by Crippen LogP contribution is -2.51. The van der Waals surface area contributed by atoms with E-state index in [1.807, 2.05) is 6.20 Å². The molecule has 1 saturated heterocycles. The summed E-state index contributed by atoms with van der Waals surface area (Å²) in [5.74, 6) is 1.10. The molecule has 4 heteroatoms. The van der Waals surface area contributed by atoms with Crippen molar-refractivity contribution in [3.05, 3.63) is 23.9 Å². The number of nitrogens with zero attached hydrogens (tertiary/aromatic N) is 3. The number of piperazine rings is 1. The molecular formula is C16H28N4. The fourth-order valence-electron chi connectivity index (χ4n) is 2.77. The Morgan fingerprint density at radius 1 is 1.35 bits per heavy atom. The molecule has 4 nitrogen and oxygen atoms in total. The standard InChI is InChI=1S/C16H28N4/c1-4-14(17)10-13-6-7-16(18-11-13)20-9-8-19(3)15(5-2)12-20/h6-7,11,14-15H,4-5,8-10,12,17H2,1-3H3. The molecule has 1 aromatic rings. The fourth-order valence-corrected chi connectivity index (χ4v) is 2.77. The molecule has 2 rings (SSSR count). The molecule has 1 aliphatic heterocycles. The monoisotopic (exact) mass is 276 g/mol. The molecule has 0 aromatic carbocycles. The Bertz CT molecular complexity index is 403. The molecule has 2 unspecified atom stereocenters. The number of rotatable bonds is 5. The summed E-state index contributed by atoms with van der Waals surface area (Å²) in [4.78, 5) is 9.49. The quantitative estimate of drug-likeness (QED) is 0.892. The highest BCUT2D eigenvalue weighted by Gasteiger charge is 2.23. The summed E-state index contributed by atoms with van der Waals surface area (Å²) < 4.78 is 0. The average molecular weight is 276 g/mol. The zero-order valence-corrected chi connectivity index (χ0v) is 13.0. The molecule has 1 aromatic heterocycles. The molecule has 112 valence electrons. The van der Waals surface area contributed by atoms with Crippen LogP contribution in [0.1, 0.15) is 32.3 Å². The van der Waals surface area contributed by atoms with Crippen molar-refractivity contribution in [1.29, 1.82) is 0 Å². The highest BCUT2D eigenvalue weighted by Crippen LogP contribution is 2.18. The van der Waals surface area contributed by atoms with Crippen LogP contribution in [0.25, 0.3) is 0 Å². The van der Waals surface area contributed by atoms with E-state index >= 15 is 0 Å². The SMILES string of the molecule is CCC(N)Cc1ccc(N2CCN(C)C(CC)C2)nc1. The average Bonchev–Trinajstić information content (AvgIpc) is 2.48. The molecule has 0 spiro atoms. The third-order valence-corrected chi connectivity index (χ3v) is 4.40. The van der Waals surface area contributed by atoms with Crippen molar-refractivity contribution in [1.82, 2.24) is 9.88 Å². The number of nitrogens with two attached hydrogens (primary N) is 1. The summed E-state index contributed by atoms with van der Waals surface area (Å²) in [6.07, 6.45) is 5.11.